The van der Waals surface area contributed by atoms with Crippen LogP contribution in [-0.2, 0) is 17.9 Å². The molecule has 1 aromatic heterocycles. The van der Waals surface area contributed by atoms with Crippen LogP contribution in [0.25, 0.3) is 0 Å². The van der Waals surface area contributed by atoms with E-state index in [4.69, 9.17) is 14.2 Å². The van der Waals surface area contributed by atoms with Gasteiger partial charge in [0.25, 0.3) is 0 Å². The first-order chi connectivity index (χ1) is 18.2. The molecule has 1 aliphatic rings. The van der Waals surface area contributed by atoms with Gasteiger partial charge in [0.1, 0.15) is 30.4 Å². The maximum Gasteiger partial charge on any atom is 0.219 e. The van der Waals surface area contributed by atoms with Crippen LogP contribution in [0, 0.1) is 12.7 Å². The second-order valence-electron chi connectivity index (χ2n) is 9.73. The van der Waals surface area contributed by atoms with Gasteiger partial charge in [-0.05, 0) is 54.4 Å². The number of aryl methyl sites for hydroxylation is 1. The number of aromatic nitrogens is 2. The Morgan fingerprint density at radius 2 is 1.89 bits per heavy atom. The van der Waals surface area contributed by atoms with Gasteiger partial charge in [0.2, 0.25) is 5.91 Å². The highest BCUT2D eigenvalue weighted by atomic mass is 19.1. The molecule has 9 nitrogen and oxygen atoms in total. The van der Waals surface area contributed by atoms with Crippen LogP contribution in [0.2, 0.25) is 0 Å². The number of carbonyl (C=O) groups excluding carboxylic acids is 1. The van der Waals surface area contributed by atoms with Crippen LogP contribution in [0.1, 0.15) is 18.1 Å². The zero-order valence-corrected chi connectivity index (χ0v) is 22.1. The number of hydrogen-bond acceptors (Lipinski definition) is 7. The van der Waals surface area contributed by atoms with E-state index in [-0.39, 0.29) is 24.9 Å². The molecule has 1 N–H and O–H groups in total. The molecule has 1 amide bonds. The van der Waals surface area contributed by atoms with E-state index in [1.807, 2.05) is 42.2 Å². The van der Waals surface area contributed by atoms with Crippen LogP contribution < -0.4 is 14.2 Å². The van der Waals surface area contributed by atoms with Crippen LogP contribution >= 0.6 is 0 Å². The maximum absolute atomic E-state index is 13.2. The molecule has 1 fully saturated rings. The summed E-state index contributed by atoms with van der Waals surface area (Å²) >= 11 is 0. The van der Waals surface area contributed by atoms with E-state index in [2.05, 4.69) is 10.00 Å². The molecule has 0 radical (unpaired) electrons. The highest BCUT2D eigenvalue weighted by Gasteiger charge is 2.37. The molecule has 0 unspecified atom stereocenters. The summed E-state index contributed by atoms with van der Waals surface area (Å²) in [6.45, 7) is 6.57. The van der Waals surface area contributed by atoms with Gasteiger partial charge in [-0.2, -0.15) is 5.10 Å². The van der Waals surface area contributed by atoms with Crippen molar-refractivity contribution in [2.45, 2.75) is 32.5 Å². The molecule has 2 heterocycles. The van der Waals surface area contributed by atoms with Crippen LogP contribution in [0.4, 0.5) is 4.39 Å². The molecule has 0 bridgehead atoms. The van der Waals surface area contributed by atoms with Gasteiger partial charge in [-0.3, -0.25) is 14.4 Å². The average Bonchev–Trinajstić information content (AvgIpc) is 3.23. The number of β-amino-alcohol motifs (C(OH)–C–C–N with tert-alkyl or cyclic N) is 1. The minimum atomic E-state index is -1.31. The highest BCUT2D eigenvalue weighted by molar-refractivity contribution is 5.73. The van der Waals surface area contributed by atoms with E-state index in [0.717, 1.165) is 11.1 Å². The standard InChI is InChI=1S/C28H35FN4O5/c1-21-15-30-33(16-21)12-13-37-26-9-4-23(14-27(26)36-3)17-31-10-11-32(22(2)34)19-28(35,18-31)20-38-25-7-5-24(29)6-8-25/h4-9,14-16,35H,10-13,17-20H2,1-3H3/t28-/m1/s1. The predicted octanol–water partition coefficient (Wildman–Crippen LogP) is 2.89. The van der Waals surface area contributed by atoms with E-state index < -0.39 is 5.60 Å². The summed E-state index contributed by atoms with van der Waals surface area (Å²) in [4.78, 5) is 15.9. The van der Waals surface area contributed by atoms with E-state index in [9.17, 15) is 14.3 Å². The number of halogens is 1. The van der Waals surface area contributed by atoms with Crippen LogP contribution in [0.3, 0.4) is 0 Å². The van der Waals surface area contributed by atoms with Gasteiger partial charge in [-0.1, -0.05) is 6.07 Å². The summed E-state index contributed by atoms with van der Waals surface area (Å²) in [5, 5.41) is 15.8. The first-order valence-electron chi connectivity index (χ1n) is 12.6. The lowest BCUT2D eigenvalue weighted by Gasteiger charge is -2.32. The Morgan fingerprint density at radius 1 is 1.11 bits per heavy atom. The smallest absolute Gasteiger partial charge is 0.219 e. The van der Waals surface area contributed by atoms with E-state index >= 15 is 0 Å². The Balaban J connectivity index is 1.41. The monoisotopic (exact) mass is 526 g/mol. The van der Waals surface area contributed by atoms with Crippen molar-refractivity contribution in [3.05, 3.63) is 71.8 Å². The fraction of sp³-hybridized carbons (Fsp3) is 0.429. The Labute approximate surface area is 222 Å². The molecule has 4 rings (SSSR count). The summed E-state index contributed by atoms with van der Waals surface area (Å²) in [6.07, 6.45) is 3.77. The zero-order chi connectivity index (χ0) is 27.1. The number of ether oxygens (including phenoxy) is 3. The molecule has 1 atom stereocenters. The van der Waals surface area contributed by atoms with Crippen molar-refractivity contribution in [3.63, 3.8) is 0 Å². The molecule has 0 saturated carbocycles. The van der Waals surface area contributed by atoms with Gasteiger partial charge >= 0.3 is 0 Å². The summed E-state index contributed by atoms with van der Waals surface area (Å²) in [5.41, 5.74) is 0.768. The summed E-state index contributed by atoms with van der Waals surface area (Å²) in [7, 11) is 1.60. The van der Waals surface area contributed by atoms with Gasteiger partial charge in [0, 0.05) is 39.3 Å². The van der Waals surface area contributed by atoms with E-state index in [1.54, 1.807) is 12.0 Å². The van der Waals surface area contributed by atoms with Crippen LogP contribution in [0.5, 0.6) is 17.2 Å². The van der Waals surface area contributed by atoms with Crippen molar-refractivity contribution in [2.24, 2.45) is 0 Å². The number of aliphatic hydroxyl groups is 1. The van der Waals surface area contributed by atoms with Crippen molar-refractivity contribution in [1.82, 2.24) is 19.6 Å². The second-order valence-corrected chi connectivity index (χ2v) is 9.73. The van der Waals surface area contributed by atoms with E-state index in [1.165, 1.54) is 31.2 Å². The van der Waals surface area contributed by atoms with Gasteiger partial charge in [0.05, 0.1) is 26.4 Å². The fourth-order valence-electron chi connectivity index (χ4n) is 4.51. The minimum absolute atomic E-state index is 0.0369. The molecule has 1 saturated heterocycles. The normalized spacial score (nSPS) is 18.2. The van der Waals surface area contributed by atoms with Crippen LogP contribution in [-0.4, -0.2) is 82.7 Å². The molecular formula is C28H35FN4O5. The first kappa shape index (κ1) is 27.4. The first-order valence-corrected chi connectivity index (χ1v) is 12.6. The number of methoxy groups -OCH3 is 1. The third-order valence-electron chi connectivity index (χ3n) is 6.43. The van der Waals surface area contributed by atoms with Gasteiger partial charge < -0.3 is 24.2 Å². The quantitative estimate of drug-likeness (QED) is 0.435. The van der Waals surface area contributed by atoms with Crippen molar-refractivity contribution in [3.8, 4) is 17.2 Å². The lowest BCUT2D eigenvalue weighted by atomic mass is 10.0. The number of rotatable bonds is 10. The summed E-state index contributed by atoms with van der Waals surface area (Å²) in [5.74, 6) is 1.24. The number of hydrogen-bond donors (Lipinski definition) is 1. The Kier molecular flexibility index (Phi) is 8.85. The molecule has 204 valence electrons. The summed E-state index contributed by atoms with van der Waals surface area (Å²) < 4.78 is 32.4. The Bertz CT molecular complexity index is 1220. The molecule has 38 heavy (non-hydrogen) atoms. The van der Waals surface area contributed by atoms with Crippen LogP contribution in [0.15, 0.2) is 54.9 Å². The van der Waals surface area contributed by atoms with E-state index in [0.29, 0.717) is 56.6 Å². The average molecular weight is 527 g/mol. The van der Waals surface area contributed by atoms with Gasteiger partial charge in [-0.15, -0.1) is 0 Å². The third kappa shape index (κ3) is 7.45. The van der Waals surface area contributed by atoms with Gasteiger partial charge in [0.15, 0.2) is 11.5 Å². The zero-order valence-electron chi connectivity index (χ0n) is 22.1. The van der Waals surface area contributed by atoms with Crippen molar-refractivity contribution in [2.75, 3.05) is 46.5 Å². The number of amides is 1. The van der Waals surface area contributed by atoms with Crippen molar-refractivity contribution in [1.29, 1.82) is 0 Å². The lowest BCUT2D eigenvalue weighted by Crippen LogP contribution is -2.51. The van der Waals surface area contributed by atoms with Gasteiger partial charge in [-0.25, -0.2) is 4.39 Å². The fourth-order valence-corrected chi connectivity index (χ4v) is 4.51. The third-order valence-corrected chi connectivity index (χ3v) is 6.43. The molecule has 0 aliphatic carbocycles. The minimum Gasteiger partial charge on any atom is -0.493 e. The largest absolute Gasteiger partial charge is 0.493 e. The molecule has 3 aromatic rings. The topological polar surface area (TPSA) is 89.3 Å². The lowest BCUT2D eigenvalue weighted by molar-refractivity contribution is -0.132. The maximum atomic E-state index is 13.2. The molecular weight excluding hydrogens is 491 g/mol. The predicted molar refractivity (Wildman–Crippen MR) is 140 cm³/mol. The number of nitrogens with zero attached hydrogens (tertiary/aromatic N) is 4. The Hall–Kier alpha value is -3.63. The SMILES string of the molecule is COc1cc(CN2CCN(C(C)=O)C[C@@](O)(COc3ccc(F)cc3)C2)ccc1OCCn1cc(C)cn1. The molecule has 1 aliphatic heterocycles. The molecule has 0 spiro atoms. The number of carbonyl (C=O) groups is 1. The number of benzene rings is 2. The second kappa shape index (κ2) is 12.3. The van der Waals surface area contributed by atoms with Crippen molar-refractivity contribution < 1.29 is 28.5 Å². The van der Waals surface area contributed by atoms with Crippen molar-refractivity contribution >= 4 is 5.91 Å². The molecule has 2 aromatic carbocycles. The highest BCUT2D eigenvalue weighted by Crippen LogP contribution is 2.29. The summed E-state index contributed by atoms with van der Waals surface area (Å²) in [6, 6.07) is 11.4. The Morgan fingerprint density at radius 3 is 2.58 bits per heavy atom. The molecule has 10 heteroatoms.